The summed E-state index contributed by atoms with van der Waals surface area (Å²) in [4.78, 5) is 1.82. The summed E-state index contributed by atoms with van der Waals surface area (Å²) in [5, 5.41) is 3.62. The Labute approximate surface area is 144 Å². The maximum atomic E-state index is 12.3. The van der Waals surface area contributed by atoms with E-state index >= 15 is 0 Å². The molecule has 0 radical (unpaired) electrons. The highest BCUT2D eigenvalue weighted by Crippen LogP contribution is 2.29. The van der Waals surface area contributed by atoms with Gasteiger partial charge in [0, 0.05) is 13.6 Å². The van der Waals surface area contributed by atoms with Crippen LogP contribution in [0, 0.1) is 0 Å². The summed E-state index contributed by atoms with van der Waals surface area (Å²) in [5.41, 5.74) is 0.845. The molecular formula is C16H18F2N2O3S. The van der Waals surface area contributed by atoms with Crippen molar-refractivity contribution in [1.29, 1.82) is 0 Å². The molecule has 0 aliphatic heterocycles. The zero-order valence-electron chi connectivity index (χ0n) is 13.3. The van der Waals surface area contributed by atoms with Crippen molar-refractivity contribution in [2.45, 2.75) is 19.7 Å². The summed E-state index contributed by atoms with van der Waals surface area (Å²) in [5.74, 6) is 1.02. The molecule has 0 spiro atoms. The minimum absolute atomic E-state index is 0.00239. The van der Waals surface area contributed by atoms with Crippen LogP contribution in [0.4, 0.5) is 8.78 Å². The second-order valence-electron chi connectivity index (χ2n) is 4.96. The van der Waals surface area contributed by atoms with Gasteiger partial charge in [0.1, 0.15) is 5.76 Å². The van der Waals surface area contributed by atoms with Gasteiger partial charge in [-0.05, 0) is 42.0 Å². The van der Waals surface area contributed by atoms with Crippen LogP contribution < -0.4 is 14.8 Å². The second-order valence-corrected chi connectivity index (χ2v) is 5.34. The molecule has 0 aliphatic rings. The summed E-state index contributed by atoms with van der Waals surface area (Å²) in [6, 6.07) is 8.43. The smallest absolute Gasteiger partial charge is 0.387 e. The van der Waals surface area contributed by atoms with E-state index in [-0.39, 0.29) is 11.5 Å². The van der Waals surface area contributed by atoms with E-state index in [4.69, 9.17) is 21.4 Å². The molecule has 1 aromatic heterocycles. The number of thiocarbonyl (C=S) groups is 1. The van der Waals surface area contributed by atoms with Crippen molar-refractivity contribution in [3.8, 4) is 11.5 Å². The van der Waals surface area contributed by atoms with Crippen LogP contribution in [0.3, 0.4) is 0 Å². The first kappa shape index (κ1) is 18.0. The highest BCUT2D eigenvalue weighted by Gasteiger charge is 2.12. The lowest BCUT2D eigenvalue weighted by atomic mass is 10.2. The number of nitrogens with zero attached hydrogens (tertiary/aromatic N) is 1. The van der Waals surface area contributed by atoms with Gasteiger partial charge in [0.15, 0.2) is 16.6 Å². The van der Waals surface area contributed by atoms with E-state index in [1.54, 1.807) is 24.5 Å². The van der Waals surface area contributed by atoms with Crippen LogP contribution in [0.2, 0.25) is 0 Å². The number of hydrogen-bond donors (Lipinski definition) is 1. The Morgan fingerprint density at radius 3 is 2.75 bits per heavy atom. The fourth-order valence-electron chi connectivity index (χ4n) is 2.06. The van der Waals surface area contributed by atoms with Gasteiger partial charge in [-0.3, -0.25) is 0 Å². The van der Waals surface area contributed by atoms with Gasteiger partial charge in [-0.1, -0.05) is 6.07 Å². The van der Waals surface area contributed by atoms with Gasteiger partial charge >= 0.3 is 6.61 Å². The minimum Gasteiger partial charge on any atom is -0.493 e. The Morgan fingerprint density at radius 1 is 1.33 bits per heavy atom. The number of benzene rings is 1. The summed E-state index contributed by atoms with van der Waals surface area (Å²) >= 11 is 5.31. The van der Waals surface area contributed by atoms with E-state index in [0.29, 0.717) is 18.2 Å². The van der Waals surface area contributed by atoms with Crippen molar-refractivity contribution in [3.05, 3.63) is 47.9 Å². The predicted octanol–water partition coefficient (Wildman–Crippen LogP) is 3.40. The third-order valence-corrected chi connectivity index (χ3v) is 3.66. The molecule has 1 aromatic carbocycles. The molecule has 5 nitrogen and oxygen atoms in total. The molecule has 1 heterocycles. The number of furan rings is 1. The molecule has 0 atom stereocenters. The van der Waals surface area contributed by atoms with Gasteiger partial charge in [-0.25, -0.2) is 0 Å². The number of alkyl halides is 2. The normalized spacial score (nSPS) is 10.5. The van der Waals surface area contributed by atoms with Crippen LogP contribution >= 0.6 is 12.2 Å². The molecule has 8 heteroatoms. The Balaban J connectivity index is 1.95. The Kier molecular flexibility index (Phi) is 6.36. The molecule has 2 aromatic rings. The number of halogens is 2. The molecule has 0 bridgehead atoms. The van der Waals surface area contributed by atoms with Gasteiger partial charge in [-0.2, -0.15) is 8.78 Å². The summed E-state index contributed by atoms with van der Waals surface area (Å²) in [6.07, 6.45) is 1.60. The topological polar surface area (TPSA) is 46.9 Å². The maximum Gasteiger partial charge on any atom is 0.387 e. The van der Waals surface area contributed by atoms with Crippen molar-refractivity contribution in [1.82, 2.24) is 10.2 Å². The number of ether oxygens (including phenoxy) is 2. The summed E-state index contributed by atoms with van der Waals surface area (Å²) < 4.78 is 39.4. The Hall–Kier alpha value is -2.35. The van der Waals surface area contributed by atoms with Crippen molar-refractivity contribution in [3.63, 3.8) is 0 Å². The molecule has 0 amide bonds. The Bertz CT molecular complexity index is 665. The first-order valence-corrected chi connectivity index (χ1v) is 7.53. The van der Waals surface area contributed by atoms with Crippen molar-refractivity contribution in [2.24, 2.45) is 0 Å². The van der Waals surface area contributed by atoms with Gasteiger partial charge in [0.05, 0.1) is 19.9 Å². The molecule has 0 saturated heterocycles. The van der Waals surface area contributed by atoms with E-state index in [2.05, 4.69) is 10.1 Å². The lowest BCUT2D eigenvalue weighted by Crippen LogP contribution is -2.36. The number of methoxy groups -OCH3 is 1. The number of nitrogens with one attached hydrogen (secondary N) is 1. The fraction of sp³-hybridized carbons (Fsp3) is 0.312. The highest BCUT2D eigenvalue weighted by atomic mass is 32.1. The number of rotatable bonds is 7. The lowest BCUT2D eigenvalue weighted by molar-refractivity contribution is -0.0512. The molecule has 130 valence electrons. The van der Waals surface area contributed by atoms with Crippen LogP contribution in [-0.4, -0.2) is 30.8 Å². The monoisotopic (exact) mass is 356 g/mol. The molecule has 0 saturated carbocycles. The van der Waals surface area contributed by atoms with Crippen LogP contribution in [-0.2, 0) is 13.1 Å². The first-order chi connectivity index (χ1) is 11.5. The van der Waals surface area contributed by atoms with E-state index in [1.165, 1.54) is 13.2 Å². The average Bonchev–Trinajstić information content (AvgIpc) is 3.06. The Morgan fingerprint density at radius 2 is 2.12 bits per heavy atom. The predicted molar refractivity (Wildman–Crippen MR) is 89.2 cm³/mol. The van der Waals surface area contributed by atoms with Gasteiger partial charge in [0.25, 0.3) is 0 Å². The molecule has 1 N–H and O–H groups in total. The van der Waals surface area contributed by atoms with E-state index in [0.717, 1.165) is 11.3 Å². The lowest BCUT2D eigenvalue weighted by Gasteiger charge is -2.21. The fourth-order valence-corrected chi connectivity index (χ4v) is 2.20. The van der Waals surface area contributed by atoms with Crippen molar-refractivity contribution < 1.29 is 22.7 Å². The van der Waals surface area contributed by atoms with E-state index in [1.807, 2.05) is 18.0 Å². The zero-order valence-corrected chi connectivity index (χ0v) is 14.1. The first-order valence-electron chi connectivity index (χ1n) is 7.12. The highest BCUT2D eigenvalue weighted by molar-refractivity contribution is 7.80. The largest absolute Gasteiger partial charge is 0.493 e. The third-order valence-electron chi connectivity index (χ3n) is 3.20. The molecule has 2 rings (SSSR count). The molecule has 0 aliphatic carbocycles. The maximum absolute atomic E-state index is 12.3. The quantitative estimate of drug-likeness (QED) is 0.768. The molecule has 0 fully saturated rings. The molecule has 0 unspecified atom stereocenters. The van der Waals surface area contributed by atoms with Crippen LogP contribution in [0.25, 0.3) is 0 Å². The standard InChI is InChI=1S/C16H18F2N2O3S/c1-20(16(24)19-9-12-4-3-7-22-12)10-11-5-6-13(23-15(17)18)14(8-11)21-2/h3-8,15H,9-10H2,1-2H3,(H,19,24). The minimum atomic E-state index is -2.90. The van der Waals surface area contributed by atoms with E-state index < -0.39 is 6.61 Å². The van der Waals surface area contributed by atoms with Gasteiger partial charge < -0.3 is 24.1 Å². The number of hydrogen-bond acceptors (Lipinski definition) is 4. The second kappa shape index (κ2) is 8.49. The summed E-state index contributed by atoms with van der Waals surface area (Å²) in [7, 11) is 3.23. The van der Waals surface area contributed by atoms with Crippen LogP contribution in [0.15, 0.2) is 41.0 Å². The van der Waals surface area contributed by atoms with Gasteiger partial charge in [0.2, 0.25) is 0 Å². The molecule has 24 heavy (non-hydrogen) atoms. The van der Waals surface area contributed by atoms with Crippen molar-refractivity contribution >= 4 is 17.3 Å². The zero-order chi connectivity index (χ0) is 17.5. The SMILES string of the molecule is COc1cc(CN(C)C(=S)NCc2ccco2)ccc1OC(F)F. The van der Waals surface area contributed by atoms with E-state index in [9.17, 15) is 8.78 Å². The molecular weight excluding hydrogens is 338 g/mol. The van der Waals surface area contributed by atoms with Crippen LogP contribution in [0.5, 0.6) is 11.5 Å². The third kappa shape index (κ3) is 5.09. The van der Waals surface area contributed by atoms with Gasteiger partial charge in [-0.15, -0.1) is 0 Å². The van der Waals surface area contributed by atoms with Crippen molar-refractivity contribution in [2.75, 3.05) is 14.2 Å². The summed E-state index contributed by atoms with van der Waals surface area (Å²) in [6.45, 7) is -1.93. The van der Waals surface area contributed by atoms with Crippen LogP contribution in [0.1, 0.15) is 11.3 Å². The average molecular weight is 356 g/mol.